The summed E-state index contributed by atoms with van der Waals surface area (Å²) in [6, 6.07) is 5.52. The molecule has 100 valence electrons. The van der Waals surface area contributed by atoms with E-state index in [9.17, 15) is 8.42 Å². The van der Waals surface area contributed by atoms with Crippen molar-refractivity contribution in [3.05, 3.63) is 28.8 Å². The van der Waals surface area contributed by atoms with E-state index in [2.05, 4.69) is 4.90 Å². The molecule has 0 spiro atoms. The van der Waals surface area contributed by atoms with E-state index in [0.717, 1.165) is 5.56 Å². The molecule has 2 N–H and O–H groups in total. The van der Waals surface area contributed by atoms with Crippen molar-refractivity contribution in [3.8, 4) is 0 Å². The number of anilines is 1. The minimum atomic E-state index is -2.84. The summed E-state index contributed by atoms with van der Waals surface area (Å²) in [5, 5.41) is 0.609. The Kier molecular flexibility index (Phi) is 3.84. The first-order chi connectivity index (χ1) is 8.35. The standard InChI is InChI=1S/C12H17ClN2O2S/c1-15(12-2-3-18(16,17)8-12)7-9-4-10(13)6-11(14)5-9/h4-6,12H,2-3,7-8,14H2,1H3. The number of hydrogen-bond donors (Lipinski definition) is 1. The van der Waals surface area contributed by atoms with Crippen molar-refractivity contribution in [1.82, 2.24) is 4.90 Å². The fraction of sp³-hybridized carbons (Fsp3) is 0.500. The van der Waals surface area contributed by atoms with Gasteiger partial charge in [-0.1, -0.05) is 11.6 Å². The normalized spacial score (nSPS) is 22.5. The lowest BCUT2D eigenvalue weighted by Gasteiger charge is -2.23. The fourth-order valence-electron chi connectivity index (χ4n) is 2.31. The van der Waals surface area contributed by atoms with Crippen LogP contribution in [0, 0.1) is 0 Å². The Morgan fingerprint density at radius 2 is 2.17 bits per heavy atom. The Labute approximate surface area is 113 Å². The van der Waals surface area contributed by atoms with Crippen molar-refractivity contribution in [2.45, 2.75) is 19.0 Å². The number of hydrogen-bond acceptors (Lipinski definition) is 4. The van der Waals surface area contributed by atoms with Gasteiger partial charge in [0.05, 0.1) is 11.5 Å². The van der Waals surface area contributed by atoms with Gasteiger partial charge in [0.2, 0.25) is 0 Å². The molecule has 0 aliphatic carbocycles. The molecule has 0 radical (unpaired) electrons. The van der Waals surface area contributed by atoms with Crippen molar-refractivity contribution in [2.75, 3.05) is 24.3 Å². The van der Waals surface area contributed by atoms with Gasteiger partial charge < -0.3 is 5.73 Å². The molecule has 1 aliphatic heterocycles. The van der Waals surface area contributed by atoms with Gasteiger partial charge in [-0.15, -0.1) is 0 Å². The van der Waals surface area contributed by atoms with Gasteiger partial charge in [-0.25, -0.2) is 8.42 Å². The summed E-state index contributed by atoms with van der Waals surface area (Å²) >= 11 is 5.94. The van der Waals surface area contributed by atoms with Gasteiger partial charge in [-0.3, -0.25) is 4.90 Å². The average Bonchev–Trinajstić information content (AvgIpc) is 2.57. The van der Waals surface area contributed by atoms with Gasteiger partial charge in [-0.2, -0.15) is 0 Å². The third-order valence-electron chi connectivity index (χ3n) is 3.24. The minimum absolute atomic E-state index is 0.0928. The molecule has 1 atom stereocenters. The van der Waals surface area contributed by atoms with E-state index in [0.29, 0.717) is 29.4 Å². The van der Waals surface area contributed by atoms with Gasteiger partial charge >= 0.3 is 0 Å². The second kappa shape index (κ2) is 5.07. The molecule has 1 aromatic rings. The molecule has 1 aliphatic rings. The van der Waals surface area contributed by atoms with E-state index in [1.807, 2.05) is 19.2 Å². The lowest BCUT2D eigenvalue weighted by Crippen LogP contribution is -2.32. The van der Waals surface area contributed by atoms with Crippen LogP contribution in [-0.2, 0) is 16.4 Å². The number of benzene rings is 1. The van der Waals surface area contributed by atoms with Gasteiger partial charge in [0, 0.05) is 23.3 Å². The summed E-state index contributed by atoms with van der Waals surface area (Å²) in [6.45, 7) is 0.658. The number of nitrogens with zero attached hydrogens (tertiary/aromatic N) is 1. The van der Waals surface area contributed by atoms with Gasteiger partial charge in [-0.05, 0) is 37.2 Å². The van der Waals surface area contributed by atoms with Crippen molar-refractivity contribution in [2.24, 2.45) is 0 Å². The first-order valence-corrected chi connectivity index (χ1v) is 8.01. The van der Waals surface area contributed by atoms with Crippen molar-refractivity contribution in [3.63, 3.8) is 0 Å². The summed E-state index contributed by atoms with van der Waals surface area (Å²) in [7, 11) is -0.908. The third kappa shape index (κ3) is 3.37. The Morgan fingerprint density at radius 3 is 2.72 bits per heavy atom. The van der Waals surface area contributed by atoms with Crippen LogP contribution in [0.25, 0.3) is 0 Å². The van der Waals surface area contributed by atoms with Crippen LogP contribution in [-0.4, -0.2) is 37.9 Å². The zero-order valence-corrected chi connectivity index (χ0v) is 11.8. The van der Waals surface area contributed by atoms with E-state index in [4.69, 9.17) is 17.3 Å². The van der Waals surface area contributed by atoms with Gasteiger partial charge in [0.15, 0.2) is 9.84 Å². The highest BCUT2D eigenvalue weighted by Gasteiger charge is 2.30. The van der Waals surface area contributed by atoms with Crippen molar-refractivity contribution >= 4 is 27.1 Å². The Balaban J connectivity index is 2.05. The maximum absolute atomic E-state index is 11.4. The molecule has 18 heavy (non-hydrogen) atoms. The molecule has 2 rings (SSSR count). The number of halogens is 1. The minimum Gasteiger partial charge on any atom is -0.399 e. The molecule has 0 amide bonds. The fourth-order valence-corrected chi connectivity index (χ4v) is 4.38. The zero-order valence-electron chi connectivity index (χ0n) is 10.3. The van der Waals surface area contributed by atoms with Crippen LogP contribution in [0.3, 0.4) is 0 Å². The molecular formula is C12H17ClN2O2S. The highest BCUT2D eigenvalue weighted by atomic mass is 35.5. The molecule has 1 unspecified atom stereocenters. The van der Waals surface area contributed by atoms with E-state index in [1.54, 1.807) is 6.07 Å². The molecule has 1 heterocycles. The van der Waals surface area contributed by atoms with Gasteiger partial charge in [0.25, 0.3) is 0 Å². The molecule has 6 heteroatoms. The molecule has 0 aromatic heterocycles. The topological polar surface area (TPSA) is 63.4 Å². The largest absolute Gasteiger partial charge is 0.399 e. The molecular weight excluding hydrogens is 272 g/mol. The van der Waals surface area contributed by atoms with E-state index < -0.39 is 9.84 Å². The maximum atomic E-state index is 11.4. The highest BCUT2D eigenvalue weighted by molar-refractivity contribution is 7.91. The second-order valence-corrected chi connectivity index (χ2v) is 7.53. The summed E-state index contributed by atoms with van der Waals surface area (Å²) in [6.07, 6.45) is 0.703. The maximum Gasteiger partial charge on any atom is 0.151 e. The summed E-state index contributed by atoms with van der Waals surface area (Å²) in [5.74, 6) is 0.541. The summed E-state index contributed by atoms with van der Waals surface area (Å²) in [4.78, 5) is 2.05. The lowest BCUT2D eigenvalue weighted by atomic mass is 10.1. The van der Waals surface area contributed by atoms with Crippen LogP contribution in [0.5, 0.6) is 0 Å². The van der Waals surface area contributed by atoms with Crippen LogP contribution in [0.2, 0.25) is 5.02 Å². The van der Waals surface area contributed by atoms with Crippen molar-refractivity contribution in [1.29, 1.82) is 0 Å². The lowest BCUT2D eigenvalue weighted by molar-refractivity contribution is 0.254. The first-order valence-electron chi connectivity index (χ1n) is 5.81. The molecule has 1 fully saturated rings. The third-order valence-corrected chi connectivity index (χ3v) is 5.21. The Bertz CT molecular complexity index is 525. The van der Waals surface area contributed by atoms with E-state index in [-0.39, 0.29) is 11.8 Å². The van der Waals surface area contributed by atoms with Crippen molar-refractivity contribution < 1.29 is 8.42 Å². The van der Waals surface area contributed by atoms with Crippen LogP contribution in [0.4, 0.5) is 5.69 Å². The van der Waals surface area contributed by atoms with E-state index in [1.165, 1.54) is 0 Å². The van der Waals surface area contributed by atoms with Crippen LogP contribution >= 0.6 is 11.6 Å². The number of nitrogens with two attached hydrogens (primary N) is 1. The van der Waals surface area contributed by atoms with E-state index >= 15 is 0 Å². The number of nitrogen functional groups attached to an aromatic ring is 1. The van der Waals surface area contributed by atoms with Crippen LogP contribution < -0.4 is 5.73 Å². The zero-order chi connectivity index (χ0) is 13.3. The molecule has 1 aromatic carbocycles. The molecule has 0 saturated carbocycles. The van der Waals surface area contributed by atoms with Gasteiger partial charge in [0.1, 0.15) is 0 Å². The second-order valence-electron chi connectivity index (χ2n) is 4.86. The van der Waals surface area contributed by atoms with Crippen LogP contribution in [0.15, 0.2) is 18.2 Å². The number of rotatable bonds is 3. The molecule has 0 bridgehead atoms. The summed E-state index contributed by atoms with van der Waals surface area (Å²) in [5.41, 5.74) is 7.37. The Morgan fingerprint density at radius 1 is 1.44 bits per heavy atom. The highest BCUT2D eigenvalue weighted by Crippen LogP contribution is 2.21. The monoisotopic (exact) mass is 288 g/mol. The predicted octanol–water partition coefficient (Wildman–Crippen LogP) is 1.54. The first kappa shape index (κ1) is 13.6. The van der Waals surface area contributed by atoms with Crippen LogP contribution in [0.1, 0.15) is 12.0 Å². The quantitative estimate of drug-likeness (QED) is 0.857. The smallest absolute Gasteiger partial charge is 0.151 e. The molecule has 4 nitrogen and oxygen atoms in total. The number of sulfone groups is 1. The SMILES string of the molecule is CN(Cc1cc(N)cc(Cl)c1)C1CCS(=O)(=O)C1. The average molecular weight is 289 g/mol. The Hall–Kier alpha value is -0.780. The molecule has 1 saturated heterocycles. The summed E-state index contributed by atoms with van der Waals surface area (Å²) < 4.78 is 22.9. The predicted molar refractivity (Wildman–Crippen MR) is 74.4 cm³/mol.